The van der Waals surface area contributed by atoms with Crippen LogP contribution in [0.25, 0.3) is 0 Å². The summed E-state index contributed by atoms with van der Waals surface area (Å²) in [6.45, 7) is 2.06. The quantitative estimate of drug-likeness (QED) is 0.480. The maximum absolute atomic E-state index is 11.7. The third-order valence-corrected chi connectivity index (χ3v) is 4.15. The van der Waals surface area contributed by atoms with Crippen molar-refractivity contribution in [2.75, 3.05) is 12.9 Å². The molecule has 1 N–H and O–H groups in total. The summed E-state index contributed by atoms with van der Waals surface area (Å²) in [7, 11) is 1.62. The molecule has 0 saturated carbocycles. The summed E-state index contributed by atoms with van der Waals surface area (Å²) >= 11 is 1.66. The molecule has 0 saturated heterocycles. The Labute approximate surface area is 140 Å². The van der Waals surface area contributed by atoms with Crippen LogP contribution in [0.15, 0.2) is 58.5 Å². The van der Waals surface area contributed by atoms with Crippen molar-refractivity contribution in [3.63, 3.8) is 0 Å². The fraction of sp³-hybridized carbons (Fsp3) is 0.222. The van der Waals surface area contributed by atoms with Crippen molar-refractivity contribution in [3.8, 4) is 5.75 Å². The molecule has 120 valence electrons. The first-order chi connectivity index (χ1) is 11.2. The summed E-state index contributed by atoms with van der Waals surface area (Å²) < 4.78 is 5.08. The third kappa shape index (κ3) is 6.16. The molecule has 2 aromatic carbocycles. The van der Waals surface area contributed by atoms with Crippen molar-refractivity contribution < 1.29 is 9.53 Å². The van der Waals surface area contributed by atoms with Gasteiger partial charge in [-0.2, -0.15) is 5.10 Å². The van der Waals surface area contributed by atoms with Gasteiger partial charge in [0.25, 0.3) is 0 Å². The van der Waals surface area contributed by atoms with Crippen molar-refractivity contribution >= 4 is 23.9 Å². The molecule has 2 rings (SSSR count). The molecule has 0 aromatic heterocycles. The van der Waals surface area contributed by atoms with E-state index in [1.54, 1.807) is 25.1 Å². The molecular formula is C18H20N2O2S. The number of methoxy groups -OCH3 is 1. The number of ether oxygens (including phenoxy) is 1. The van der Waals surface area contributed by atoms with Crippen LogP contribution in [0.2, 0.25) is 0 Å². The highest BCUT2D eigenvalue weighted by atomic mass is 32.2. The van der Waals surface area contributed by atoms with Crippen LogP contribution >= 0.6 is 11.8 Å². The summed E-state index contributed by atoms with van der Waals surface area (Å²) in [5.41, 5.74) is 4.68. The van der Waals surface area contributed by atoms with Gasteiger partial charge in [0.1, 0.15) is 5.75 Å². The predicted octanol–water partition coefficient (Wildman–Crippen LogP) is 3.64. The first kappa shape index (κ1) is 17.1. The first-order valence-electron chi connectivity index (χ1n) is 7.33. The van der Waals surface area contributed by atoms with Gasteiger partial charge in [-0.3, -0.25) is 4.79 Å². The molecule has 0 bridgehead atoms. The van der Waals surface area contributed by atoms with Gasteiger partial charge in [-0.25, -0.2) is 5.43 Å². The van der Waals surface area contributed by atoms with E-state index in [2.05, 4.69) is 41.7 Å². The van der Waals surface area contributed by atoms with Crippen LogP contribution in [-0.4, -0.2) is 25.0 Å². The van der Waals surface area contributed by atoms with Gasteiger partial charge in [0.05, 0.1) is 13.3 Å². The number of amides is 1. The summed E-state index contributed by atoms with van der Waals surface area (Å²) in [5.74, 6) is 1.43. The topological polar surface area (TPSA) is 50.7 Å². The summed E-state index contributed by atoms with van der Waals surface area (Å²) in [6.07, 6.45) is 2.04. The Balaban J connectivity index is 1.69. The molecule has 2 aromatic rings. The second kappa shape index (κ2) is 9.00. The molecule has 0 aliphatic carbocycles. The summed E-state index contributed by atoms with van der Waals surface area (Å²) in [4.78, 5) is 12.9. The van der Waals surface area contributed by atoms with Gasteiger partial charge in [0, 0.05) is 17.1 Å². The molecule has 0 heterocycles. The molecular weight excluding hydrogens is 308 g/mol. The maximum Gasteiger partial charge on any atom is 0.240 e. The van der Waals surface area contributed by atoms with E-state index in [0.717, 1.165) is 17.1 Å². The zero-order valence-corrected chi connectivity index (χ0v) is 14.1. The van der Waals surface area contributed by atoms with Crippen LogP contribution < -0.4 is 10.2 Å². The van der Waals surface area contributed by atoms with E-state index in [1.165, 1.54) is 10.5 Å². The number of carbonyl (C=O) groups excluding carboxylic acids is 1. The van der Waals surface area contributed by atoms with E-state index in [-0.39, 0.29) is 5.91 Å². The molecule has 0 radical (unpaired) electrons. The number of hydrazone groups is 1. The van der Waals surface area contributed by atoms with E-state index in [0.29, 0.717) is 6.42 Å². The Morgan fingerprint density at radius 2 is 1.87 bits per heavy atom. The number of thioether (sulfide) groups is 1. The lowest BCUT2D eigenvalue weighted by Gasteiger charge is -2.02. The number of nitrogens with zero attached hydrogens (tertiary/aromatic N) is 1. The Morgan fingerprint density at radius 1 is 1.17 bits per heavy atom. The van der Waals surface area contributed by atoms with Crippen molar-refractivity contribution in [3.05, 3.63) is 59.7 Å². The smallest absolute Gasteiger partial charge is 0.240 e. The maximum atomic E-state index is 11.7. The number of rotatable bonds is 7. The van der Waals surface area contributed by atoms with Gasteiger partial charge in [-0.05, 0) is 48.9 Å². The minimum Gasteiger partial charge on any atom is -0.497 e. The number of carbonyl (C=O) groups is 1. The molecule has 0 spiro atoms. The van der Waals surface area contributed by atoms with Crippen LogP contribution in [-0.2, 0) is 4.79 Å². The Kier molecular flexibility index (Phi) is 6.69. The van der Waals surface area contributed by atoms with E-state index < -0.39 is 0 Å². The lowest BCUT2D eigenvalue weighted by Crippen LogP contribution is -2.17. The van der Waals surface area contributed by atoms with Gasteiger partial charge < -0.3 is 4.74 Å². The number of benzene rings is 2. The largest absolute Gasteiger partial charge is 0.497 e. The molecule has 1 amide bonds. The lowest BCUT2D eigenvalue weighted by molar-refractivity contribution is -0.120. The van der Waals surface area contributed by atoms with Crippen molar-refractivity contribution in [1.82, 2.24) is 5.43 Å². The molecule has 0 fully saturated rings. The van der Waals surface area contributed by atoms with Gasteiger partial charge in [-0.1, -0.05) is 17.7 Å². The highest BCUT2D eigenvalue weighted by Crippen LogP contribution is 2.18. The highest BCUT2D eigenvalue weighted by molar-refractivity contribution is 7.99. The number of hydrogen-bond donors (Lipinski definition) is 1. The average Bonchev–Trinajstić information content (AvgIpc) is 2.57. The molecule has 0 aliphatic heterocycles. The second-order valence-corrected chi connectivity index (χ2v) is 6.15. The Hall–Kier alpha value is -2.27. The standard InChI is InChI=1S/C18H20N2O2S/c1-14-3-9-17(10-4-14)23-12-11-18(21)20-19-13-15-5-7-16(22-2)8-6-15/h3-10,13H,11-12H2,1-2H3,(H,20,21)/b19-13+. The second-order valence-electron chi connectivity index (χ2n) is 4.98. The molecule has 0 aliphatic rings. The van der Waals surface area contributed by atoms with E-state index in [9.17, 15) is 4.79 Å². The van der Waals surface area contributed by atoms with Crippen LogP contribution in [0.4, 0.5) is 0 Å². The minimum atomic E-state index is -0.0885. The number of hydrogen-bond acceptors (Lipinski definition) is 4. The fourth-order valence-corrected chi connectivity index (χ4v) is 2.67. The molecule has 4 nitrogen and oxygen atoms in total. The number of nitrogens with one attached hydrogen (secondary N) is 1. The first-order valence-corrected chi connectivity index (χ1v) is 8.31. The SMILES string of the molecule is COc1ccc(/C=N/NC(=O)CCSc2ccc(C)cc2)cc1. The van der Waals surface area contributed by atoms with Gasteiger partial charge in [0.15, 0.2) is 0 Å². The van der Waals surface area contributed by atoms with Gasteiger partial charge >= 0.3 is 0 Å². The van der Waals surface area contributed by atoms with Crippen molar-refractivity contribution in [2.45, 2.75) is 18.2 Å². The van der Waals surface area contributed by atoms with Crippen LogP contribution in [0, 0.1) is 6.92 Å². The predicted molar refractivity (Wildman–Crippen MR) is 95.3 cm³/mol. The van der Waals surface area contributed by atoms with E-state index in [4.69, 9.17) is 4.74 Å². The normalized spacial score (nSPS) is 10.7. The Bertz CT molecular complexity index is 652. The molecule has 0 unspecified atom stereocenters. The third-order valence-electron chi connectivity index (χ3n) is 3.14. The lowest BCUT2D eigenvalue weighted by atomic mass is 10.2. The van der Waals surface area contributed by atoms with E-state index >= 15 is 0 Å². The fourth-order valence-electron chi connectivity index (χ4n) is 1.82. The van der Waals surface area contributed by atoms with Crippen LogP contribution in [0.1, 0.15) is 17.5 Å². The summed E-state index contributed by atoms with van der Waals surface area (Å²) in [6, 6.07) is 15.7. The number of aryl methyl sites for hydroxylation is 1. The van der Waals surface area contributed by atoms with Gasteiger partial charge in [-0.15, -0.1) is 11.8 Å². The zero-order chi connectivity index (χ0) is 16.5. The highest BCUT2D eigenvalue weighted by Gasteiger charge is 2.00. The van der Waals surface area contributed by atoms with Gasteiger partial charge in [0.2, 0.25) is 5.91 Å². The van der Waals surface area contributed by atoms with Crippen molar-refractivity contribution in [2.24, 2.45) is 5.10 Å². The monoisotopic (exact) mass is 328 g/mol. The zero-order valence-electron chi connectivity index (χ0n) is 13.3. The van der Waals surface area contributed by atoms with Crippen LogP contribution in [0.5, 0.6) is 5.75 Å². The molecule has 5 heteroatoms. The minimum absolute atomic E-state index is 0.0885. The average molecular weight is 328 g/mol. The summed E-state index contributed by atoms with van der Waals surface area (Å²) in [5, 5.41) is 3.96. The Morgan fingerprint density at radius 3 is 2.52 bits per heavy atom. The van der Waals surface area contributed by atoms with Crippen molar-refractivity contribution in [1.29, 1.82) is 0 Å². The van der Waals surface area contributed by atoms with E-state index in [1.807, 2.05) is 24.3 Å². The molecule has 0 atom stereocenters. The van der Waals surface area contributed by atoms with Crippen LogP contribution in [0.3, 0.4) is 0 Å². The molecule has 23 heavy (non-hydrogen) atoms.